The number of carbonyl (C=O) groups is 1. The van der Waals surface area contributed by atoms with Crippen molar-refractivity contribution in [2.75, 3.05) is 46.4 Å². The summed E-state index contributed by atoms with van der Waals surface area (Å²) >= 11 is 0. The number of methoxy groups -OCH3 is 4. The van der Waals surface area contributed by atoms with Gasteiger partial charge in [-0.15, -0.1) is 0 Å². The number of para-hydroxylation sites is 1. The Morgan fingerprint density at radius 2 is 1.69 bits per heavy atom. The van der Waals surface area contributed by atoms with Gasteiger partial charge in [0.05, 0.1) is 40.7 Å². The Hall–Kier alpha value is -3.09. The predicted molar refractivity (Wildman–Crippen MR) is 111 cm³/mol. The van der Waals surface area contributed by atoms with Gasteiger partial charge in [0.15, 0.2) is 11.5 Å². The van der Waals surface area contributed by atoms with E-state index in [0.717, 1.165) is 36.4 Å². The highest BCUT2D eigenvalue weighted by atomic mass is 16.5. The normalized spacial score (nSPS) is 12.8. The first kappa shape index (κ1) is 20.6. The molecule has 0 atom stereocenters. The lowest BCUT2D eigenvalue weighted by atomic mass is 10.0. The number of rotatable bonds is 8. The van der Waals surface area contributed by atoms with Gasteiger partial charge in [-0.3, -0.25) is 4.79 Å². The van der Waals surface area contributed by atoms with Crippen LogP contribution in [0.3, 0.4) is 0 Å². The predicted octanol–water partition coefficient (Wildman–Crippen LogP) is 2.79. The Bertz CT molecular complexity index is 829. The van der Waals surface area contributed by atoms with Crippen molar-refractivity contribution in [2.24, 2.45) is 0 Å². The summed E-state index contributed by atoms with van der Waals surface area (Å²) in [4.78, 5) is 14.7. The van der Waals surface area contributed by atoms with Gasteiger partial charge < -0.3 is 29.2 Å². The maximum absolute atomic E-state index is 12.6. The van der Waals surface area contributed by atoms with Gasteiger partial charge in [0.25, 0.3) is 0 Å². The molecule has 7 nitrogen and oxygen atoms in total. The molecule has 29 heavy (non-hydrogen) atoms. The van der Waals surface area contributed by atoms with Gasteiger partial charge in [-0.05, 0) is 42.2 Å². The molecule has 1 N–H and O–H groups in total. The van der Waals surface area contributed by atoms with Gasteiger partial charge in [0.1, 0.15) is 5.75 Å². The van der Waals surface area contributed by atoms with Crippen LogP contribution in [0.25, 0.3) is 0 Å². The molecule has 0 saturated carbocycles. The minimum Gasteiger partial charge on any atom is -0.495 e. The Morgan fingerprint density at radius 3 is 2.31 bits per heavy atom. The van der Waals surface area contributed by atoms with Crippen LogP contribution in [-0.2, 0) is 17.8 Å². The van der Waals surface area contributed by atoms with Crippen LogP contribution >= 0.6 is 0 Å². The smallest absolute Gasteiger partial charge is 0.239 e. The number of ether oxygens (including phenoxy) is 4. The number of nitrogens with one attached hydrogen (secondary N) is 1. The highest BCUT2D eigenvalue weighted by molar-refractivity contribution is 5.83. The fourth-order valence-corrected chi connectivity index (χ4v) is 3.69. The molecule has 156 valence electrons. The van der Waals surface area contributed by atoms with Crippen molar-refractivity contribution < 1.29 is 23.7 Å². The second-order valence-corrected chi connectivity index (χ2v) is 6.80. The van der Waals surface area contributed by atoms with Gasteiger partial charge in [-0.2, -0.15) is 0 Å². The maximum Gasteiger partial charge on any atom is 0.239 e. The minimum atomic E-state index is -0.0579. The highest BCUT2D eigenvalue weighted by Gasteiger charge is 2.22. The van der Waals surface area contributed by atoms with E-state index in [2.05, 4.69) is 16.3 Å². The van der Waals surface area contributed by atoms with E-state index < -0.39 is 0 Å². The lowest BCUT2D eigenvalue weighted by molar-refractivity contribution is -0.119. The molecular formula is C22H28N2O5. The topological polar surface area (TPSA) is 69.3 Å². The van der Waals surface area contributed by atoms with Crippen molar-refractivity contribution in [2.45, 2.75) is 19.4 Å². The molecule has 1 amide bonds. The van der Waals surface area contributed by atoms with E-state index in [4.69, 9.17) is 18.9 Å². The molecule has 1 aliphatic rings. The molecule has 2 aromatic rings. The van der Waals surface area contributed by atoms with E-state index in [1.807, 2.05) is 24.3 Å². The van der Waals surface area contributed by atoms with Crippen LogP contribution in [0.4, 0.5) is 5.69 Å². The average molecular weight is 400 g/mol. The summed E-state index contributed by atoms with van der Waals surface area (Å²) in [6.45, 7) is 1.46. The monoisotopic (exact) mass is 400 g/mol. The van der Waals surface area contributed by atoms with E-state index in [0.29, 0.717) is 23.8 Å². The van der Waals surface area contributed by atoms with E-state index in [1.165, 1.54) is 5.56 Å². The average Bonchev–Trinajstić information content (AvgIpc) is 2.76. The number of hydrogen-bond acceptors (Lipinski definition) is 6. The first-order valence-corrected chi connectivity index (χ1v) is 9.57. The van der Waals surface area contributed by atoms with Gasteiger partial charge in [-0.1, -0.05) is 12.1 Å². The molecule has 0 unspecified atom stereocenters. The summed E-state index contributed by atoms with van der Waals surface area (Å²) < 4.78 is 21.6. The standard InChI is InChI=1S/C22H28N2O5/c1-26-17-9-5-7-16-8-6-10-24(21(16)17)14-20(25)23-13-15-11-18(27-2)22(29-4)19(12-15)28-3/h5,7,9,11-12H,6,8,10,13-14H2,1-4H3,(H,23,25). The zero-order valence-corrected chi connectivity index (χ0v) is 17.4. The number of hydrogen-bond donors (Lipinski definition) is 1. The first-order chi connectivity index (χ1) is 14.1. The van der Waals surface area contributed by atoms with Crippen LogP contribution in [0.15, 0.2) is 30.3 Å². The maximum atomic E-state index is 12.6. The third-order valence-electron chi connectivity index (χ3n) is 5.04. The molecule has 3 rings (SSSR count). The third kappa shape index (κ3) is 4.50. The summed E-state index contributed by atoms with van der Waals surface area (Å²) in [6, 6.07) is 9.69. The summed E-state index contributed by atoms with van der Waals surface area (Å²) in [5, 5.41) is 2.98. The zero-order valence-electron chi connectivity index (χ0n) is 17.4. The van der Waals surface area contributed by atoms with Crippen molar-refractivity contribution >= 4 is 11.6 Å². The van der Waals surface area contributed by atoms with Crippen LogP contribution < -0.4 is 29.2 Å². The number of nitrogens with zero attached hydrogens (tertiary/aromatic N) is 1. The number of carbonyl (C=O) groups excluding carboxylic acids is 1. The Labute approximate surface area is 171 Å². The molecule has 7 heteroatoms. The molecule has 2 aromatic carbocycles. The van der Waals surface area contributed by atoms with E-state index in [1.54, 1.807) is 28.4 Å². The van der Waals surface area contributed by atoms with E-state index in [9.17, 15) is 4.79 Å². The second-order valence-electron chi connectivity index (χ2n) is 6.80. The largest absolute Gasteiger partial charge is 0.495 e. The van der Waals surface area contributed by atoms with Crippen LogP contribution in [0.1, 0.15) is 17.5 Å². The van der Waals surface area contributed by atoms with Crippen molar-refractivity contribution in [1.82, 2.24) is 5.32 Å². The summed E-state index contributed by atoms with van der Waals surface area (Å²) in [5.41, 5.74) is 3.10. The van der Waals surface area contributed by atoms with Gasteiger partial charge >= 0.3 is 0 Å². The SMILES string of the molecule is COc1cc(CNC(=O)CN2CCCc3cccc(OC)c32)cc(OC)c1OC. The Balaban J connectivity index is 1.69. The van der Waals surface area contributed by atoms with Gasteiger partial charge in [0.2, 0.25) is 11.7 Å². The molecule has 0 aliphatic carbocycles. The number of amides is 1. The zero-order chi connectivity index (χ0) is 20.8. The summed E-state index contributed by atoms with van der Waals surface area (Å²) in [7, 11) is 6.36. The Kier molecular flexibility index (Phi) is 6.69. The van der Waals surface area contributed by atoms with Gasteiger partial charge in [-0.25, -0.2) is 0 Å². The van der Waals surface area contributed by atoms with Crippen molar-refractivity contribution in [3.05, 3.63) is 41.5 Å². The highest BCUT2D eigenvalue weighted by Crippen LogP contribution is 2.38. The molecule has 0 radical (unpaired) electrons. The van der Waals surface area contributed by atoms with Crippen LogP contribution in [0, 0.1) is 0 Å². The number of fused-ring (bicyclic) bond motifs is 1. The molecule has 0 spiro atoms. The number of benzene rings is 2. The van der Waals surface area contributed by atoms with Gasteiger partial charge in [0, 0.05) is 13.1 Å². The summed E-state index contributed by atoms with van der Waals surface area (Å²) in [6.07, 6.45) is 2.01. The Morgan fingerprint density at radius 1 is 1.00 bits per heavy atom. The quantitative estimate of drug-likeness (QED) is 0.735. The van der Waals surface area contributed by atoms with Crippen LogP contribution in [0.5, 0.6) is 23.0 Å². The number of aryl methyl sites for hydroxylation is 1. The molecular weight excluding hydrogens is 372 g/mol. The van der Waals surface area contributed by atoms with Crippen molar-refractivity contribution in [3.63, 3.8) is 0 Å². The fraction of sp³-hybridized carbons (Fsp3) is 0.409. The second kappa shape index (κ2) is 9.41. The minimum absolute atomic E-state index is 0.0579. The lowest BCUT2D eigenvalue weighted by Gasteiger charge is -2.32. The molecule has 1 aliphatic heterocycles. The first-order valence-electron chi connectivity index (χ1n) is 9.57. The van der Waals surface area contributed by atoms with Crippen molar-refractivity contribution in [3.8, 4) is 23.0 Å². The summed E-state index contributed by atoms with van der Waals surface area (Å²) in [5.74, 6) is 2.40. The van der Waals surface area contributed by atoms with Crippen LogP contribution in [-0.4, -0.2) is 47.4 Å². The van der Waals surface area contributed by atoms with E-state index in [-0.39, 0.29) is 12.5 Å². The lowest BCUT2D eigenvalue weighted by Crippen LogP contribution is -2.39. The van der Waals surface area contributed by atoms with E-state index >= 15 is 0 Å². The van der Waals surface area contributed by atoms with Crippen molar-refractivity contribution in [1.29, 1.82) is 0 Å². The fourth-order valence-electron chi connectivity index (χ4n) is 3.69. The molecule has 1 heterocycles. The molecule has 0 saturated heterocycles. The van der Waals surface area contributed by atoms with Crippen LogP contribution in [0.2, 0.25) is 0 Å². The molecule has 0 fully saturated rings. The number of anilines is 1. The third-order valence-corrected chi connectivity index (χ3v) is 5.04. The molecule has 0 aromatic heterocycles. The molecule has 0 bridgehead atoms.